The fourth-order valence-electron chi connectivity index (χ4n) is 4.64. The average Bonchev–Trinajstić information content (AvgIpc) is 3.51. The minimum absolute atomic E-state index is 0.108. The fourth-order valence-corrected chi connectivity index (χ4v) is 5.35. The molecule has 5 rings (SSSR count). The van der Waals surface area contributed by atoms with Crippen molar-refractivity contribution in [2.75, 3.05) is 38.2 Å². The van der Waals surface area contributed by atoms with E-state index in [1.165, 1.54) is 22.3 Å². The first-order valence-corrected chi connectivity index (χ1v) is 12.5. The monoisotopic (exact) mass is 494 g/mol. The fraction of sp³-hybridized carbons (Fsp3) is 0.360. The van der Waals surface area contributed by atoms with Crippen LogP contribution in [0.25, 0.3) is 6.08 Å². The smallest absolute Gasteiger partial charge is 0.256 e. The number of carbonyl (C=O) groups is 4. The highest BCUT2D eigenvalue weighted by Crippen LogP contribution is 2.30. The largest absolute Gasteiger partial charge is 0.378 e. The molecule has 35 heavy (non-hydrogen) atoms. The molecule has 0 saturated carbocycles. The second-order valence-corrected chi connectivity index (χ2v) is 9.83. The lowest BCUT2D eigenvalue weighted by Gasteiger charge is -2.25. The van der Waals surface area contributed by atoms with Crippen molar-refractivity contribution in [3.05, 3.63) is 57.8 Å². The van der Waals surface area contributed by atoms with Crippen LogP contribution < -0.4 is 10.6 Å². The minimum Gasteiger partial charge on any atom is -0.378 e. The number of nitrogens with zero attached hydrogens (tertiary/aromatic N) is 2. The van der Waals surface area contributed by atoms with Crippen LogP contribution >= 0.6 is 11.3 Å². The summed E-state index contributed by atoms with van der Waals surface area (Å²) in [6, 6.07) is 8.00. The van der Waals surface area contributed by atoms with E-state index >= 15 is 0 Å². The molecule has 0 aliphatic carbocycles. The van der Waals surface area contributed by atoms with Gasteiger partial charge >= 0.3 is 0 Å². The summed E-state index contributed by atoms with van der Waals surface area (Å²) in [7, 11) is 0. The van der Waals surface area contributed by atoms with Gasteiger partial charge in [-0.3, -0.25) is 19.2 Å². The normalized spacial score (nSPS) is 21.9. The van der Waals surface area contributed by atoms with E-state index in [2.05, 4.69) is 10.6 Å². The number of rotatable bonds is 5. The van der Waals surface area contributed by atoms with Crippen molar-refractivity contribution in [1.29, 1.82) is 0 Å². The Labute approximate surface area is 206 Å². The zero-order valence-corrected chi connectivity index (χ0v) is 19.9. The van der Waals surface area contributed by atoms with Crippen LogP contribution in [0.3, 0.4) is 0 Å². The summed E-state index contributed by atoms with van der Waals surface area (Å²) < 4.78 is 5.28. The van der Waals surface area contributed by atoms with Crippen LogP contribution in [0.1, 0.15) is 27.2 Å². The second kappa shape index (κ2) is 10.0. The summed E-state index contributed by atoms with van der Waals surface area (Å²) in [4.78, 5) is 55.3. The standard InChI is InChI=1S/C25H26N4O5S/c30-22(14-18-2-1-11-35-18)26-17-13-21-24(32)27-20-5-3-16(12-19(20)25(33)29(21)15-17)4-6-23(31)28-7-9-34-10-8-28/h1-6,11-12,17,21H,7-10,13-15H2,(H,26,30)(H,27,32). The highest BCUT2D eigenvalue weighted by Gasteiger charge is 2.43. The molecule has 2 fully saturated rings. The predicted octanol–water partition coefficient (Wildman–Crippen LogP) is 1.51. The maximum Gasteiger partial charge on any atom is 0.256 e. The number of hydrogen-bond donors (Lipinski definition) is 2. The second-order valence-electron chi connectivity index (χ2n) is 8.79. The van der Waals surface area contributed by atoms with Crippen molar-refractivity contribution in [3.63, 3.8) is 0 Å². The first-order chi connectivity index (χ1) is 17.0. The molecule has 182 valence electrons. The van der Waals surface area contributed by atoms with Crippen LogP contribution in [0, 0.1) is 0 Å². The summed E-state index contributed by atoms with van der Waals surface area (Å²) in [5.74, 6) is -0.768. The molecule has 0 bridgehead atoms. The third-order valence-corrected chi connectivity index (χ3v) is 7.29. The molecule has 2 saturated heterocycles. The van der Waals surface area contributed by atoms with Crippen molar-refractivity contribution < 1.29 is 23.9 Å². The lowest BCUT2D eigenvalue weighted by atomic mass is 10.1. The number of morpholine rings is 1. The zero-order valence-electron chi connectivity index (χ0n) is 19.1. The summed E-state index contributed by atoms with van der Waals surface area (Å²) in [6.45, 7) is 2.43. The van der Waals surface area contributed by atoms with E-state index in [9.17, 15) is 19.2 Å². The van der Waals surface area contributed by atoms with E-state index in [1.807, 2.05) is 17.5 Å². The first-order valence-electron chi connectivity index (χ1n) is 11.6. The van der Waals surface area contributed by atoms with Gasteiger partial charge in [0.15, 0.2) is 0 Å². The number of benzene rings is 1. The first kappa shape index (κ1) is 23.3. The molecule has 2 atom stereocenters. The molecule has 0 spiro atoms. The highest BCUT2D eigenvalue weighted by molar-refractivity contribution is 7.10. The van der Waals surface area contributed by atoms with Gasteiger partial charge in [-0.2, -0.15) is 0 Å². The van der Waals surface area contributed by atoms with Gasteiger partial charge in [-0.15, -0.1) is 11.3 Å². The molecule has 2 N–H and O–H groups in total. The molecule has 0 radical (unpaired) electrons. The molecular formula is C25H26N4O5S. The van der Waals surface area contributed by atoms with Gasteiger partial charge in [0, 0.05) is 36.6 Å². The van der Waals surface area contributed by atoms with E-state index in [0.29, 0.717) is 49.5 Å². The number of nitrogens with one attached hydrogen (secondary N) is 2. The van der Waals surface area contributed by atoms with Crippen LogP contribution in [0.5, 0.6) is 0 Å². The Kier molecular flexibility index (Phi) is 6.65. The van der Waals surface area contributed by atoms with Gasteiger partial charge in [-0.05, 0) is 41.6 Å². The summed E-state index contributed by atoms with van der Waals surface area (Å²) >= 11 is 1.52. The zero-order chi connectivity index (χ0) is 24.4. The van der Waals surface area contributed by atoms with Gasteiger partial charge in [0.1, 0.15) is 6.04 Å². The van der Waals surface area contributed by atoms with Crippen molar-refractivity contribution in [1.82, 2.24) is 15.1 Å². The lowest BCUT2D eigenvalue weighted by molar-refractivity contribution is -0.130. The average molecular weight is 495 g/mol. The third-order valence-electron chi connectivity index (χ3n) is 6.42. The number of thiophene rings is 1. The van der Waals surface area contributed by atoms with Gasteiger partial charge in [0.25, 0.3) is 5.91 Å². The molecule has 4 heterocycles. The molecular weight excluding hydrogens is 468 g/mol. The number of fused-ring (bicyclic) bond motifs is 2. The Bertz CT molecular complexity index is 1170. The van der Waals surface area contributed by atoms with Gasteiger partial charge in [0.2, 0.25) is 17.7 Å². The SMILES string of the molecule is O=C(Cc1cccs1)NC1CC2C(=O)Nc3ccc(C=CC(=O)N4CCOCC4)cc3C(=O)N2C1. The molecule has 1 aromatic carbocycles. The van der Waals surface area contributed by atoms with Gasteiger partial charge in [0.05, 0.1) is 30.9 Å². The van der Waals surface area contributed by atoms with Crippen LogP contribution in [0.4, 0.5) is 5.69 Å². The van der Waals surface area contributed by atoms with E-state index < -0.39 is 6.04 Å². The minimum atomic E-state index is -0.649. The van der Waals surface area contributed by atoms with Crippen LogP contribution in [0.15, 0.2) is 41.8 Å². The Morgan fingerprint density at radius 1 is 1.20 bits per heavy atom. The van der Waals surface area contributed by atoms with Gasteiger partial charge < -0.3 is 25.2 Å². The van der Waals surface area contributed by atoms with E-state index in [-0.39, 0.29) is 42.6 Å². The molecule has 1 aromatic heterocycles. The molecule has 3 aliphatic rings. The number of amides is 4. The van der Waals surface area contributed by atoms with Crippen LogP contribution in [-0.4, -0.2) is 78.4 Å². The molecule has 4 amide bonds. The Balaban J connectivity index is 1.28. The van der Waals surface area contributed by atoms with E-state index in [4.69, 9.17) is 4.74 Å². The summed E-state index contributed by atoms with van der Waals surface area (Å²) in [5, 5.41) is 7.74. The lowest BCUT2D eigenvalue weighted by Crippen LogP contribution is -2.41. The number of carbonyl (C=O) groups excluding carboxylic acids is 4. The third kappa shape index (κ3) is 5.13. The summed E-state index contributed by atoms with van der Waals surface area (Å²) in [6.07, 6.45) is 3.81. The van der Waals surface area contributed by atoms with Crippen molar-refractivity contribution in [2.24, 2.45) is 0 Å². The highest BCUT2D eigenvalue weighted by atomic mass is 32.1. The van der Waals surface area contributed by atoms with Gasteiger partial charge in [-0.1, -0.05) is 12.1 Å². The maximum absolute atomic E-state index is 13.4. The molecule has 2 aromatic rings. The van der Waals surface area contributed by atoms with Gasteiger partial charge in [-0.25, -0.2) is 0 Å². The van der Waals surface area contributed by atoms with Crippen molar-refractivity contribution in [2.45, 2.75) is 24.9 Å². The molecule has 3 aliphatic heterocycles. The Hall–Kier alpha value is -3.50. The quantitative estimate of drug-likeness (QED) is 0.613. The summed E-state index contributed by atoms with van der Waals surface area (Å²) in [5.41, 5.74) is 1.50. The number of hydrogen-bond acceptors (Lipinski definition) is 6. The Morgan fingerprint density at radius 2 is 2.03 bits per heavy atom. The van der Waals surface area contributed by atoms with Crippen molar-refractivity contribution >= 4 is 46.7 Å². The topological polar surface area (TPSA) is 108 Å². The number of ether oxygens (including phenoxy) is 1. The molecule has 9 nitrogen and oxygen atoms in total. The van der Waals surface area contributed by atoms with Crippen LogP contribution in [-0.2, 0) is 25.5 Å². The van der Waals surface area contributed by atoms with E-state index in [1.54, 1.807) is 29.2 Å². The number of anilines is 1. The maximum atomic E-state index is 13.4. The van der Waals surface area contributed by atoms with Crippen LogP contribution in [0.2, 0.25) is 0 Å². The van der Waals surface area contributed by atoms with Crippen molar-refractivity contribution in [3.8, 4) is 0 Å². The molecule has 2 unspecified atom stereocenters. The Morgan fingerprint density at radius 3 is 2.80 bits per heavy atom. The van der Waals surface area contributed by atoms with E-state index in [0.717, 1.165) is 4.88 Å². The predicted molar refractivity (Wildman–Crippen MR) is 131 cm³/mol. The molecule has 10 heteroatoms.